The van der Waals surface area contributed by atoms with Crippen LogP contribution < -0.4 is 0 Å². The molecule has 3 saturated heterocycles. The summed E-state index contributed by atoms with van der Waals surface area (Å²) in [7, 11) is -5.16. The van der Waals surface area contributed by atoms with Crippen LogP contribution in [0.15, 0.2) is 146 Å². The Labute approximate surface area is 721 Å². The van der Waals surface area contributed by atoms with Crippen molar-refractivity contribution in [3.05, 3.63) is 244 Å². The Morgan fingerprint density at radius 3 is 0.434 bits per heavy atom. The summed E-state index contributed by atoms with van der Waals surface area (Å²) in [4.78, 5) is 0. The number of nitrogens with zero attached hydrogens (tertiary/aromatic N) is 6. The van der Waals surface area contributed by atoms with Gasteiger partial charge < -0.3 is 46.1 Å². The molecule has 9 nitrogen and oxygen atoms in total. The van der Waals surface area contributed by atoms with Crippen molar-refractivity contribution in [1.29, 1.82) is 0 Å². The molecule has 0 radical (unpaired) electrons. The van der Waals surface area contributed by atoms with Crippen molar-refractivity contribution in [3.8, 4) is 0 Å². The van der Waals surface area contributed by atoms with E-state index in [1.165, 1.54) is 38.5 Å². The van der Waals surface area contributed by atoms with Crippen molar-refractivity contribution in [3.63, 3.8) is 0 Å². The molecule has 7 aromatic carbocycles. The van der Waals surface area contributed by atoms with E-state index in [-0.39, 0.29) is 178 Å². The van der Waals surface area contributed by atoms with Gasteiger partial charge >= 0.3 is 143 Å². The number of alkyl halides is 36. The number of benzene rings is 7. The normalized spacial score (nSPS) is 14.2. The molecule has 0 spiro atoms. The molecule has 3 aliphatic heterocycles. The maximum Gasteiger partial charge on any atom is 2.00 e. The second-order valence-corrected chi connectivity index (χ2v) is 29.6. The van der Waals surface area contributed by atoms with Crippen LogP contribution in [0.3, 0.4) is 0 Å². The summed E-state index contributed by atoms with van der Waals surface area (Å²) < 4.78 is 492. The zero-order chi connectivity index (χ0) is 89.6. The summed E-state index contributed by atoms with van der Waals surface area (Å²) in [6, 6.07) is 12.6. The molecule has 664 valence electrons. The van der Waals surface area contributed by atoms with E-state index in [0.29, 0.717) is 0 Å². The molecular formula is C72H61F36Mg3N6O3P2+. The van der Waals surface area contributed by atoms with Crippen LogP contribution in [-0.4, -0.2) is 147 Å². The van der Waals surface area contributed by atoms with Gasteiger partial charge in [0.2, 0.25) is 0 Å². The minimum Gasteiger partial charge on any atom is -0.681 e. The van der Waals surface area contributed by atoms with Gasteiger partial charge in [-0.05, 0) is 93.8 Å². The third-order valence-corrected chi connectivity index (χ3v) is 18.8. The summed E-state index contributed by atoms with van der Waals surface area (Å²) in [6.07, 6.45) is -61.4. The SMILES string of the molecule is C1CCOC1.C1CCOC1.C1CCOC1.FC(F)(F)c1cc([N-]CP(C[N-]c2cc(C(F)(F)F)cc(C(F)(F)F)c2)C[N-]c2cc(C(F)(F)F)cc(C(F)(F)F)c2)cc(C(F)(F)F)c1.FC(F)(F)c1cc([N-]C[PH+](C[N-]c2cc(C(F)(F)F)cc(C(F)(F)F)c2)C[N-]c2cc(C(F)(F)F)cc(C(F)(F)F)c2)cc(C(F)(F)F)c1.[Mg+2].[Mg+2].[Mg+2].c1ccccc1. The first-order chi connectivity index (χ1) is 54.6. The monoisotopic (exact) mass is 1880 g/mol. The average molecular weight is 1880 g/mol. The summed E-state index contributed by atoms with van der Waals surface area (Å²) >= 11 is 0. The van der Waals surface area contributed by atoms with Gasteiger partial charge in [0.25, 0.3) is 0 Å². The minimum atomic E-state index is -5.32. The number of rotatable bonds is 18. The number of halogens is 36. The Hall–Kier alpha value is -6.14. The number of ether oxygens (including phenoxy) is 3. The fourth-order valence-electron chi connectivity index (χ4n) is 9.53. The first kappa shape index (κ1) is 112. The average Bonchev–Trinajstić information content (AvgIpc) is 1.11. The minimum absolute atomic E-state index is 0. The molecule has 3 aliphatic rings. The van der Waals surface area contributed by atoms with E-state index in [2.05, 4.69) is 31.9 Å². The van der Waals surface area contributed by atoms with E-state index in [0.717, 1.165) is 39.6 Å². The van der Waals surface area contributed by atoms with E-state index in [9.17, 15) is 158 Å². The van der Waals surface area contributed by atoms with Gasteiger partial charge in [-0.15, -0.1) is 53.0 Å². The third kappa shape index (κ3) is 40.7. The molecule has 0 aromatic heterocycles. The molecule has 0 amide bonds. The van der Waals surface area contributed by atoms with Crippen molar-refractivity contribution >= 4 is 119 Å². The van der Waals surface area contributed by atoms with Crippen LogP contribution in [0.1, 0.15) is 105 Å². The van der Waals surface area contributed by atoms with Crippen molar-refractivity contribution in [1.82, 2.24) is 0 Å². The fourth-order valence-corrected chi connectivity index (χ4v) is 12.4. The molecule has 3 fully saturated rings. The van der Waals surface area contributed by atoms with Crippen LogP contribution in [0.5, 0.6) is 0 Å². The first-order valence-corrected chi connectivity index (χ1v) is 37.7. The topological polar surface area (TPSA) is 112 Å². The maximum atomic E-state index is 13.3. The van der Waals surface area contributed by atoms with Gasteiger partial charge in [0, 0.05) is 39.6 Å². The Morgan fingerprint density at radius 2 is 0.328 bits per heavy atom. The van der Waals surface area contributed by atoms with Crippen LogP contribution in [0.25, 0.3) is 31.9 Å². The zero-order valence-electron chi connectivity index (χ0n) is 62.2. The first-order valence-electron chi connectivity index (χ1n) is 33.7. The van der Waals surface area contributed by atoms with Crippen molar-refractivity contribution in [2.75, 3.05) is 77.4 Å². The van der Waals surface area contributed by atoms with Gasteiger partial charge in [0.15, 0.2) is 0 Å². The Bertz CT molecular complexity index is 3390. The molecule has 0 atom stereocenters. The zero-order valence-corrected chi connectivity index (χ0v) is 68.3. The van der Waals surface area contributed by atoms with Gasteiger partial charge in [-0.2, -0.15) is 166 Å². The van der Waals surface area contributed by atoms with Crippen LogP contribution >= 0.6 is 15.8 Å². The van der Waals surface area contributed by atoms with Crippen LogP contribution in [0.4, 0.5) is 192 Å². The van der Waals surface area contributed by atoms with Crippen molar-refractivity contribution < 1.29 is 172 Å². The smallest absolute Gasteiger partial charge is 0.681 e. The standard InChI is InChI=1S/2C27H15F18N3P.C6H6.3C4H8O.3Mg/c2*28-22(29,30)13-1-14(23(31,32)33)5-19(4-13)46-10-49(11-47-20-6-15(24(34,35)36)2-16(7-20)25(37,38)39)12-48-21-8-17(26(40,41)42)3-18(9-21)27(43,44)45;1-2-4-6-5-3-1;3*1-2-4-5-3-1;;;/h2*1-9H,10-12H2;1-6H;3*1-4H2;;;/q2*-3;;;;;3*+2/p+1. The van der Waals surface area contributed by atoms with Gasteiger partial charge in [0.1, 0.15) is 0 Å². The molecule has 7 aromatic rings. The summed E-state index contributed by atoms with van der Waals surface area (Å²) in [5.74, 6) is 0. The van der Waals surface area contributed by atoms with E-state index in [1.807, 2.05) is 36.4 Å². The van der Waals surface area contributed by atoms with E-state index in [4.69, 9.17) is 14.2 Å². The predicted octanol–water partition coefficient (Wildman–Crippen LogP) is 29.8. The Morgan fingerprint density at radius 1 is 0.205 bits per heavy atom. The van der Waals surface area contributed by atoms with E-state index < -0.39 is 229 Å². The second kappa shape index (κ2) is 47.6. The summed E-state index contributed by atoms with van der Waals surface area (Å²) in [5, 5.41) is 21.6. The van der Waals surface area contributed by atoms with Gasteiger partial charge in [-0.3, -0.25) is 0 Å². The van der Waals surface area contributed by atoms with Crippen molar-refractivity contribution in [2.45, 2.75) is 113 Å². The summed E-state index contributed by atoms with van der Waals surface area (Å²) in [6.45, 7) is 6.00. The number of hydrogen-bond acceptors (Lipinski definition) is 3. The van der Waals surface area contributed by atoms with Gasteiger partial charge in [-0.25, -0.2) is 0 Å². The van der Waals surface area contributed by atoms with E-state index in [1.54, 1.807) is 0 Å². The second-order valence-electron chi connectivity index (χ2n) is 25.0. The van der Waals surface area contributed by atoms with Gasteiger partial charge in [0.05, 0.1) is 66.8 Å². The van der Waals surface area contributed by atoms with Crippen LogP contribution in [0, 0.1) is 0 Å². The third-order valence-electron chi connectivity index (χ3n) is 15.4. The fraction of sp³-hybridized carbons (Fsp3) is 0.417. The van der Waals surface area contributed by atoms with E-state index >= 15 is 0 Å². The predicted molar refractivity (Wildman–Crippen MR) is 385 cm³/mol. The molecule has 10 rings (SSSR count). The molecular weight excluding hydrogens is 1820 g/mol. The molecule has 0 bridgehead atoms. The van der Waals surface area contributed by atoms with Crippen molar-refractivity contribution in [2.24, 2.45) is 0 Å². The molecule has 0 N–H and O–H groups in total. The molecule has 3 heterocycles. The van der Waals surface area contributed by atoms with Gasteiger partial charge in [-0.1, -0.05) is 117 Å². The molecule has 0 aliphatic carbocycles. The molecule has 0 saturated carbocycles. The molecule has 0 unspecified atom stereocenters. The quantitative estimate of drug-likeness (QED) is 0.0484. The van der Waals surface area contributed by atoms with Crippen LogP contribution in [-0.2, 0) is 88.3 Å². The maximum absolute atomic E-state index is 13.3. The Balaban J connectivity index is 0.000000647. The molecule has 50 heteroatoms. The summed E-state index contributed by atoms with van der Waals surface area (Å²) in [5.41, 5.74) is -27.5. The number of hydrogen-bond donors (Lipinski definition) is 0. The largest absolute Gasteiger partial charge is 2.00 e. The van der Waals surface area contributed by atoms with Crippen LogP contribution in [0.2, 0.25) is 0 Å². The molecule has 122 heavy (non-hydrogen) atoms. The Kier molecular flexibility index (Phi) is 43.7.